The van der Waals surface area contributed by atoms with Crippen molar-refractivity contribution in [2.24, 2.45) is 0 Å². The summed E-state index contributed by atoms with van der Waals surface area (Å²) in [5.74, 6) is 0.668. The Bertz CT molecular complexity index is 373. The minimum atomic E-state index is -4.18. The highest BCUT2D eigenvalue weighted by Gasteiger charge is 2.32. The van der Waals surface area contributed by atoms with Crippen molar-refractivity contribution in [3.8, 4) is 5.75 Å². The Labute approximate surface area is 112 Å². The fourth-order valence-corrected chi connectivity index (χ4v) is 1.84. The molecule has 1 rings (SSSR count). The summed E-state index contributed by atoms with van der Waals surface area (Å²) < 4.78 is 43.0. The highest BCUT2D eigenvalue weighted by atomic mass is 19.4. The predicted molar refractivity (Wildman–Crippen MR) is 69.3 cm³/mol. The van der Waals surface area contributed by atoms with Gasteiger partial charge in [-0.15, -0.1) is 0 Å². The maximum Gasteiger partial charge on any atom is 0.390 e. The van der Waals surface area contributed by atoms with Gasteiger partial charge in [0, 0.05) is 6.04 Å². The van der Waals surface area contributed by atoms with Crippen LogP contribution in [0.15, 0.2) is 24.3 Å². The van der Waals surface area contributed by atoms with Gasteiger partial charge in [-0.25, -0.2) is 0 Å². The fourth-order valence-electron chi connectivity index (χ4n) is 1.84. The van der Waals surface area contributed by atoms with Crippen LogP contribution in [0.5, 0.6) is 5.75 Å². The van der Waals surface area contributed by atoms with Gasteiger partial charge < -0.3 is 10.1 Å². The molecule has 0 radical (unpaired) electrons. The lowest BCUT2D eigenvalue weighted by atomic mass is 10.0. The molecular weight excluding hydrogens is 255 g/mol. The van der Waals surface area contributed by atoms with Crippen molar-refractivity contribution >= 4 is 0 Å². The first-order valence-corrected chi connectivity index (χ1v) is 6.38. The number of hydrogen-bond donors (Lipinski definition) is 1. The Morgan fingerprint density at radius 2 is 1.74 bits per heavy atom. The predicted octanol–water partition coefficient (Wildman–Crippen LogP) is 4.08. The van der Waals surface area contributed by atoms with E-state index in [0.29, 0.717) is 17.9 Å². The van der Waals surface area contributed by atoms with E-state index in [2.05, 4.69) is 5.32 Å². The molecule has 2 nitrogen and oxygen atoms in total. The van der Waals surface area contributed by atoms with E-state index in [4.69, 9.17) is 4.74 Å². The van der Waals surface area contributed by atoms with Crippen LogP contribution in [0, 0.1) is 0 Å². The molecule has 0 bridgehead atoms. The lowest BCUT2D eigenvalue weighted by molar-refractivity contribution is -0.140. The Hall–Kier alpha value is -1.23. The van der Waals surface area contributed by atoms with Crippen LogP contribution in [0.4, 0.5) is 13.2 Å². The second kappa shape index (κ2) is 6.80. The molecule has 0 aromatic heterocycles. The van der Waals surface area contributed by atoms with E-state index in [0.717, 1.165) is 0 Å². The highest BCUT2D eigenvalue weighted by Crippen LogP contribution is 2.30. The second-order valence-corrected chi connectivity index (χ2v) is 4.67. The summed E-state index contributed by atoms with van der Waals surface area (Å²) in [7, 11) is 0. The van der Waals surface area contributed by atoms with Gasteiger partial charge in [-0.1, -0.05) is 19.1 Å². The van der Waals surface area contributed by atoms with Gasteiger partial charge in [0.25, 0.3) is 0 Å². The fraction of sp³-hybridized carbons (Fsp3) is 0.571. The summed E-state index contributed by atoms with van der Waals surface area (Å²) in [6.45, 7) is 6.09. The average Bonchev–Trinajstić information content (AvgIpc) is 2.27. The third kappa shape index (κ3) is 5.96. The number of nitrogens with one attached hydrogen (secondary N) is 1. The van der Waals surface area contributed by atoms with Crippen molar-refractivity contribution in [3.63, 3.8) is 0 Å². The van der Waals surface area contributed by atoms with Crippen LogP contribution in [0.2, 0.25) is 0 Å². The van der Waals surface area contributed by atoms with Crippen LogP contribution in [-0.4, -0.2) is 18.8 Å². The molecule has 5 heteroatoms. The van der Waals surface area contributed by atoms with Crippen LogP contribution < -0.4 is 10.1 Å². The Morgan fingerprint density at radius 1 is 1.16 bits per heavy atom. The van der Waals surface area contributed by atoms with Crippen LogP contribution in [0.1, 0.15) is 38.8 Å². The van der Waals surface area contributed by atoms with Crippen LogP contribution in [0.25, 0.3) is 0 Å². The number of rotatable bonds is 6. The smallest absolute Gasteiger partial charge is 0.390 e. The van der Waals surface area contributed by atoms with Gasteiger partial charge in [-0.2, -0.15) is 13.2 Å². The van der Waals surface area contributed by atoms with Gasteiger partial charge in [-0.3, -0.25) is 0 Å². The molecular formula is C14H20F3NO. The first kappa shape index (κ1) is 15.8. The molecule has 1 aromatic carbocycles. The molecule has 0 saturated carbocycles. The molecule has 0 amide bonds. The van der Waals surface area contributed by atoms with Gasteiger partial charge in [0.2, 0.25) is 0 Å². The summed E-state index contributed by atoms with van der Waals surface area (Å²) in [5, 5.41) is 2.85. The van der Waals surface area contributed by atoms with Gasteiger partial charge >= 0.3 is 6.18 Å². The van der Waals surface area contributed by atoms with E-state index < -0.39 is 18.6 Å². The number of benzene rings is 1. The average molecular weight is 275 g/mol. The van der Waals surface area contributed by atoms with E-state index in [1.165, 1.54) is 0 Å². The Morgan fingerprint density at radius 3 is 2.16 bits per heavy atom. The van der Waals surface area contributed by atoms with Gasteiger partial charge in [-0.05, 0) is 38.1 Å². The zero-order valence-corrected chi connectivity index (χ0v) is 11.4. The number of alkyl halides is 3. The number of hydrogen-bond acceptors (Lipinski definition) is 2. The molecule has 0 aliphatic heterocycles. The van der Waals surface area contributed by atoms with Crippen molar-refractivity contribution in [1.29, 1.82) is 0 Å². The lowest BCUT2D eigenvalue weighted by Crippen LogP contribution is -2.26. The molecule has 108 valence electrons. The van der Waals surface area contributed by atoms with Crippen LogP contribution >= 0.6 is 0 Å². The quantitative estimate of drug-likeness (QED) is 0.844. The van der Waals surface area contributed by atoms with Crippen molar-refractivity contribution in [2.75, 3.05) is 6.54 Å². The minimum absolute atomic E-state index is 0.0468. The molecule has 1 atom stereocenters. The zero-order chi connectivity index (χ0) is 14.5. The zero-order valence-electron chi connectivity index (χ0n) is 11.4. The standard InChI is InChI=1S/C14H20F3NO/c1-4-18-13(9-14(15,16)17)11-5-7-12(8-6-11)19-10(2)3/h5-8,10,13,18H,4,9H2,1-3H3. The molecule has 1 N–H and O–H groups in total. The Balaban J connectivity index is 2.79. The molecule has 0 spiro atoms. The SMILES string of the molecule is CCNC(CC(F)(F)F)c1ccc(OC(C)C)cc1. The maximum absolute atomic E-state index is 12.5. The summed E-state index contributed by atoms with van der Waals surface area (Å²) in [5.41, 5.74) is 0.621. The van der Waals surface area contributed by atoms with Gasteiger partial charge in [0.1, 0.15) is 5.75 Å². The molecule has 0 fully saturated rings. The summed E-state index contributed by atoms with van der Waals surface area (Å²) >= 11 is 0. The first-order chi connectivity index (χ1) is 8.81. The van der Waals surface area contributed by atoms with Gasteiger partial charge in [0.15, 0.2) is 0 Å². The Kier molecular flexibility index (Phi) is 5.66. The molecule has 0 aliphatic carbocycles. The maximum atomic E-state index is 12.5. The van der Waals surface area contributed by atoms with Crippen molar-refractivity contribution in [1.82, 2.24) is 5.32 Å². The van der Waals surface area contributed by atoms with Crippen LogP contribution in [-0.2, 0) is 0 Å². The minimum Gasteiger partial charge on any atom is -0.491 e. The van der Waals surface area contributed by atoms with Crippen molar-refractivity contribution < 1.29 is 17.9 Å². The third-order valence-electron chi connectivity index (χ3n) is 2.54. The topological polar surface area (TPSA) is 21.3 Å². The monoisotopic (exact) mass is 275 g/mol. The molecule has 19 heavy (non-hydrogen) atoms. The molecule has 0 heterocycles. The van der Waals surface area contributed by atoms with E-state index in [9.17, 15) is 13.2 Å². The number of halogens is 3. The van der Waals surface area contributed by atoms with Crippen LogP contribution in [0.3, 0.4) is 0 Å². The van der Waals surface area contributed by atoms with E-state index >= 15 is 0 Å². The van der Waals surface area contributed by atoms with E-state index in [-0.39, 0.29) is 6.10 Å². The molecule has 1 aromatic rings. The van der Waals surface area contributed by atoms with E-state index in [1.807, 2.05) is 13.8 Å². The summed E-state index contributed by atoms with van der Waals surface area (Å²) in [6.07, 6.45) is -5.00. The molecule has 0 aliphatic rings. The van der Waals surface area contributed by atoms with Crippen molar-refractivity contribution in [3.05, 3.63) is 29.8 Å². The van der Waals surface area contributed by atoms with Crippen molar-refractivity contribution in [2.45, 2.75) is 45.5 Å². The van der Waals surface area contributed by atoms with Gasteiger partial charge in [0.05, 0.1) is 12.5 Å². The largest absolute Gasteiger partial charge is 0.491 e. The normalized spacial score (nSPS) is 13.6. The van der Waals surface area contributed by atoms with E-state index in [1.54, 1.807) is 31.2 Å². The molecule has 1 unspecified atom stereocenters. The summed E-state index contributed by atoms with van der Waals surface area (Å²) in [4.78, 5) is 0. The highest BCUT2D eigenvalue weighted by molar-refractivity contribution is 5.29. The number of ether oxygens (including phenoxy) is 1. The lowest BCUT2D eigenvalue weighted by Gasteiger charge is -2.20. The third-order valence-corrected chi connectivity index (χ3v) is 2.54. The summed E-state index contributed by atoms with van der Waals surface area (Å²) in [6, 6.07) is 6.05. The first-order valence-electron chi connectivity index (χ1n) is 6.38. The molecule has 0 saturated heterocycles. The second-order valence-electron chi connectivity index (χ2n) is 4.67.